The summed E-state index contributed by atoms with van der Waals surface area (Å²) in [5.74, 6) is 0.669. The Bertz CT molecular complexity index is 501. The van der Waals surface area contributed by atoms with Crippen molar-refractivity contribution in [3.63, 3.8) is 0 Å². The standard InChI is InChI=1S/C17H25NO3/c1-12-7-6-10-16(13(12)2)21-11-17(20)18(3)14-8-4-5-9-15(14)19/h6-7,10,14-15,19H,4-5,8-9,11H2,1-3H3. The van der Waals surface area contributed by atoms with E-state index in [1.54, 1.807) is 11.9 Å². The maximum Gasteiger partial charge on any atom is 0.260 e. The largest absolute Gasteiger partial charge is 0.483 e. The fourth-order valence-electron chi connectivity index (χ4n) is 2.85. The second kappa shape index (κ2) is 6.94. The second-order valence-corrected chi connectivity index (χ2v) is 5.91. The molecule has 0 radical (unpaired) electrons. The number of carbonyl (C=O) groups excluding carboxylic acids is 1. The molecule has 1 saturated carbocycles. The number of hydrogen-bond acceptors (Lipinski definition) is 3. The van der Waals surface area contributed by atoms with Gasteiger partial charge in [-0.3, -0.25) is 4.79 Å². The van der Waals surface area contributed by atoms with Crippen LogP contribution in [0.4, 0.5) is 0 Å². The SMILES string of the molecule is Cc1cccc(OCC(=O)N(C)C2CCCCC2O)c1C. The second-order valence-electron chi connectivity index (χ2n) is 5.91. The van der Waals surface area contributed by atoms with E-state index in [9.17, 15) is 9.90 Å². The lowest BCUT2D eigenvalue weighted by molar-refractivity contribution is -0.137. The van der Waals surface area contributed by atoms with Gasteiger partial charge in [0.25, 0.3) is 5.91 Å². The van der Waals surface area contributed by atoms with Crippen molar-refractivity contribution in [2.24, 2.45) is 0 Å². The first-order valence-corrected chi connectivity index (χ1v) is 7.63. The number of hydrogen-bond donors (Lipinski definition) is 1. The molecule has 2 atom stereocenters. The average molecular weight is 291 g/mol. The van der Waals surface area contributed by atoms with E-state index in [0.717, 1.165) is 42.6 Å². The molecule has 21 heavy (non-hydrogen) atoms. The third-order valence-corrected chi connectivity index (χ3v) is 4.49. The maximum absolute atomic E-state index is 12.2. The van der Waals surface area contributed by atoms with Crippen LogP contribution in [0.15, 0.2) is 18.2 Å². The number of likely N-dealkylation sites (N-methyl/N-ethyl adjacent to an activating group) is 1. The summed E-state index contributed by atoms with van der Waals surface area (Å²) in [6.07, 6.45) is 3.34. The van der Waals surface area contributed by atoms with Crippen LogP contribution in [0.5, 0.6) is 5.75 Å². The monoisotopic (exact) mass is 291 g/mol. The molecule has 1 fully saturated rings. The molecule has 1 N–H and O–H groups in total. The smallest absolute Gasteiger partial charge is 0.260 e. The molecule has 116 valence electrons. The highest BCUT2D eigenvalue weighted by molar-refractivity contribution is 5.78. The lowest BCUT2D eigenvalue weighted by Crippen LogP contribution is -2.47. The Labute approximate surface area is 126 Å². The molecule has 2 unspecified atom stereocenters. The molecule has 0 heterocycles. The summed E-state index contributed by atoms with van der Waals surface area (Å²) in [7, 11) is 1.76. The normalized spacial score (nSPS) is 21.9. The van der Waals surface area contributed by atoms with Crippen molar-refractivity contribution < 1.29 is 14.6 Å². The molecule has 0 aromatic heterocycles. The van der Waals surface area contributed by atoms with Crippen LogP contribution in [-0.2, 0) is 4.79 Å². The predicted molar refractivity (Wildman–Crippen MR) is 82.4 cm³/mol. The number of aliphatic hydroxyl groups is 1. The van der Waals surface area contributed by atoms with E-state index in [4.69, 9.17) is 4.74 Å². The Morgan fingerprint density at radius 3 is 2.76 bits per heavy atom. The van der Waals surface area contributed by atoms with Crippen molar-refractivity contribution >= 4 is 5.91 Å². The van der Waals surface area contributed by atoms with E-state index >= 15 is 0 Å². The zero-order valence-electron chi connectivity index (χ0n) is 13.1. The predicted octanol–water partition coefficient (Wildman–Crippen LogP) is 2.44. The minimum Gasteiger partial charge on any atom is -0.483 e. The molecular formula is C17H25NO3. The van der Waals surface area contributed by atoms with Crippen molar-refractivity contribution in [3.05, 3.63) is 29.3 Å². The topological polar surface area (TPSA) is 49.8 Å². The fraction of sp³-hybridized carbons (Fsp3) is 0.588. The highest BCUT2D eigenvalue weighted by atomic mass is 16.5. The number of aryl methyl sites for hydroxylation is 1. The Balaban J connectivity index is 1.93. The van der Waals surface area contributed by atoms with Crippen molar-refractivity contribution in [1.82, 2.24) is 4.90 Å². The van der Waals surface area contributed by atoms with E-state index < -0.39 is 6.10 Å². The lowest BCUT2D eigenvalue weighted by Gasteiger charge is -2.35. The van der Waals surface area contributed by atoms with E-state index in [1.807, 2.05) is 32.0 Å². The maximum atomic E-state index is 12.2. The number of nitrogens with zero attached hydrogens (tertiary/aromatic N) is 1. The van der Waals surface area contributed by atoms with Gasteiger partial charge in [-0.25, -0.2) is 0 Å². The molecular weight excluding hydrogens is 266 g/mol. The number of carbonyl (C=O) groups is 1. The fourth-order valence-corrected chi connectivity index (χ4v) is 2.85. The van der Waals surface area contributed by atoms with Crippen molar-refractivity contribution in [2.45, 2.75) is 51.7 Å². The number of rotatable bonds is 4. The number of ether oxygens (including phenoxy) is 1. The summed E-state index contributed by atoms with van der Waals surface area (Å²) in [6, 6.07) is 5.75. The summed E-state index contributed by atoms with van der Waals surface area (Å²) in [4.78, 5) is 13.9. The zero-order chi connectivity index (χ0) is 15.4. The summed E-state index contributed by atoms with van der Waals surface area (Å²) < 4.78 is 5.65. The summed E-state index contributed by atoms with van der Waals surface area (Å²) >= 11 is 0. The molecule has 0 spiro atoms. The van der Waals surface area contributed by atoms with Gasteiger partial charge in [0.2, 0.25) is 0 Å². The van der Waals surface area contributed by atoms with E-state index in [1.165, 1.54) is 0 Å². The van der Waals surface area contributed by atoms with Crippen LogP contribution in [0.25, 0.3) is 0 Å². The van der Waals surface area contributed by atoms with Crippen molar-refractivity contribution in [2.75, 3.05) is 13.7 Å². The van der Waals surface area contributed by atoms with Gasteiger partial charge < -0.3 is 14.7 Å². The van der Waals surface area contributed by atoms with Crippen LogP contribution in [0.2, 0.25) is 0 Å². The van der Waals surface area contributed by atoms with Gasteiger partial charge in [0.15, 0.2) is 6.61 Å². The minimum atomic E-state index is -0.409. The molecule has 0 bridgehead atoms. The lowest BCUT2D eigenvalue weighted by atomic mass is 9.91. The number of amides is 1. The molecule has 2 rings (SSSR count). The molecule has 1 aromatic carbocycles. The van der Waals surface area contributed by atoms with Crippen LogP contribution in [0.3, 0.4) is 0 Å². The van der Waals surface area contributed by atoms with E-state index in [-0.39, 0.29) is 18.6 Å². The third-order valence-electron chi connectivity index (χ3n) is 4.49. The Morgan fingerprint density at radius 1 is 1.33 bits per heavy atom. The van der Waals surface area contributed by atoms with Gasteiger partial charge in [0.05, 0.1) is 12.1 Å². The number of benzene rings is 1. The third kappa shape index (κ3) is 3.76. The molecule has 0 aliphatic heterocycles. The van der Waals surface area contributed by atoms with Gasteiger partial charge in [-0.05, 0) is 43.9 Å². The van der Waals surface area contributed by atoms with Gasteiger partial charge in [0, 0.05) is 7.05 Å². The highest BCUT2D eigenvalue weighted by Crippen LogP contribution is 2.23. The molecule has 0 saturated heterocycles. The Hall–Kier alpha value is -1.55. The Morgan fingerprint density at radius 2 is 2.05 bits per heavy atom. The van der Waals surface area contributed by atoms with Crippen LogP contribution in [0, 0.1) is 13.8 Å². The van der Waals surface area contributed by atoms with Gasteiger partial charge >= 0.3 is 0 Å². The van der Waals surface area contributed by atoms with Gasteiger partial charge in [-0.15, -0.1) is 0 Å². The van der Waals surface area contributed by atoms with Crippen LogP contribution in [0.1, 0.15) is 36.8 Å². The average Bonchev–Trinajstić information content (AvgIpc) is 2.48. The van der Waals surface area contributed by atoms with Crippen molar-refractivity contribution in [3.8, 4) is 5.75 Å². The quantitative estimate of drug-likeness (QED) is 0.927. The first-order chi connectivity index (χ1) is 10.0. The first kappa shape index (κ1) is 15.8. The van der Waals surface area contributed by atoms with Crippen LogP contribution >= 0.6 is 0 Å². The van der Waals surface area contributed by atoms with Gasteiger partial charge in [-0.2, -0.15) is 0 Å². The van der Waals surface area contributed by atoms with Crippen LogP contribution in [-0.4, -0.2) is 41.7 Å². The molecule has 1 aliphatic rings. The van der Waals surface area contributed by atoms with Crippen LogP contribution < -0.4 is 4.74 Å². The first-order valence-electron chi connectivity index (χ1n) is 7.63. The molecule has 4 heteroatoms. The van der Waals surface area contributed by atoms with Gasteiger partial charge in [-0.1, -0.05) is 25.0 Å². The van der Waals surface area contributed by atoms with Crippen molar-refractivity contribution in [1.29, 1.82) is 0 Å². The minimum absolute atomic E-state index is 0.0179. The molecule has 4 nitrogen and oxygen atoms in total. The number of aliphatic hydroxyl groups excluding tert-OH is 1. The van der Waals surface area contributed by atoms with E-state index in [0.29, 0.717) is 0 Å². The molecule has 1 aromatic rings. The van der Waals surface area contributed by atoms with Gasteiger partial charge in [0.1, 0.15) is 5.75 Å². The molecule has 1 amide bonds. The molecule has 1 aliphatic carbocycles. The Kier molecular flexibility index (Phi) is 5.23. The summed E-state index contributed by atoms with van der Waals surface area (Å²) in [5, 5.41) is 10.0. The summed E-state index contributed by atoms with van der Waals surface area (Å²) in [5.41, 5.74) is 2.21. The van der Waals surface area contributed by atoms with E-state index in [2.05, 4.69) is 0 Å². The highest BCUT2D eigenvalue weighted by Gasteiger charge is 2.29. The summed E-state index contributed by atoms with van der Waals surface area (Å²) in [6.45, 7) is 4.03. The zero-order valence-corrected chi connectivity index (χ0v) is 13.1.